The summed E-state index contributed by atoms with van der Waals surface area (Å²) in [6.07, 6.45) is 0.375. The Morgan fingerprint density at radius 2 is 1.90 bits per heavy atom. The summed E-state index contributed by atoms with van der Waals surface area (Å²) in [5.74, 6) is 2.32. The van der Waals surface area contributed by atoms with Crippen LogP contribution in [0.4, 0.5) is 0 Å². The van der Waals surface area contributed by atoms with Crippen molar-refractivity contribution < 1.29 is 14.3 Å². The van der Waals surface area contributed by atoms with Gasteiger partial charge < -0.3 is 9.47 Å². The van der Waals surface area contributed by atoms with E-state index in [1.807, 2.05) is 36.4 Å². The molecule has 21 heavy (non-hydrogen) atoms. The Labute approximate surface area is 122 Å². The van der Waals surface area contributed by atoms with E-state index < -0.39 is 0 Å². The number of benzene rings is 2. The molecule has 2 aliphatic rings. The predicted octanol–water partition coefficient (Wildman–Crippen LogP) is 2.59. The Kier molecular flexibility index (Phi) is 2.97. The minimum absolute atomic E-state index is 0.269. The molecule has 0 bridgehead atoms. The number of fused-ring (bicyclic) bond motifs is 1. The van der Waals surface area contributed by atoms with Crippen LogP contribution in [0.1, 0.15) is 17.4 Å². The van der Waals surface area contributed by atoms with E-state index in [2.05, 4.69) is 22.6 Å². The molecular weight excluding hydrogens is 268 g/mol. The van der Waals surface area contributed by atoms with Gasteiger partial charge in [-0.15, -0.1) is 0 Å². The third kappa shape index (κ3) is 2.43. The molecule has 5 heteroatoms. The second kappa shape index (κ2) is 5.10. The van der Waals surface area contributed by atoms with E-state index >= 15 is 0 Å². The molecular formula is C16H14N2O3. The summed E-state index contributed by atoms with van der Waals surface area (Å²) in [4.78, 5) is 10.1. The Morgan fingerprint density at radius 3 is 2.81 bits per heavy atom. The van der Waals surface area contributed by atoms with Crippen molar-refractivity contribution >= 4 is 5.84 Å². The monoisotopic (exact) mass is 282 g/mol. The minimum atomic E-state index is -0.349. The lowest BCUT2D eigenvalue weighted by Crippen LogP contribution is -2.19. The molecule has 0 amide bonds. The van der Waals surface area contributed by atoms with Crippen molar-refractivity contribution in [2.75, 3.05) is 6.79 Å². The highest BCUT2D eigenvalue weighted by Crippen LogP contribution is 2.35. The molecule has 4 rings (SSSR count). The molecule has 1 N–H and O–H groups in total. The molecule has 0 saturated heterocycles. The molecule has 0 aromatic heterocycles. The van der Waals surface area contributed by atoms with Crippen molar-refractivity contribution in [2.45, 2.75) is 12.6 Å². The number of amidine groups is 1. The maximum absolute atomic E-state index is 5.53. The fourth-order valence-electron chi connectivity index (χ4n) is 2.40. The molecule has 0 saturated carbocycles. The Bertz CT molecular complexity index is 685. The largest absolute Gasteiger partial charge is 0.454 e. The second-order valence-corrected chi connectivity index (χ2v) is 4.92. The minimum Gasteiger partial charge on any atom is -0.454 e. The first-order valence-electron chi connectivity index (χ1n) is 6.80. The van der Waals surface area contributed by atoms with Crippen LogP contribution >= 0.6 is 0 Å². The molecule has 1 unspecified atom stereocenters. The van der Waals surface area contributed by atoms with Crippen LogP contribution in [0.25, 0.3) is 0 Å². The van der Waals surface area contributed by atoms with Gasteiger partial charge in [0.05, 0.1) is 0 Å². The van der Waals surface area contributed by atoms with Crippen molar-refractivity contribution in [3.63, 3.8) is 0 Å². The fraction of sp³-hybridized carbons (Fsp3) is 0.188. The van der Waals surface area contributed by atoms with Gasteiger partial charge in [0.15, 0.2) is 11.5 Å². The summed E-state index contributed by atoms with van der Waals surface area (Å²) in [5, 5.41) is 0. The van der Waals surface area contributed by atoms with Crippen LogP contribution in [0.2, 0.25) is 0 Å². The summed E-state index contributed by atoms with van der Waals surface area (Å²) < 4.78 is 10.7. The topological polar surface area (TPSA) is 52.1 Å². The van der Waals surface area contributed by atoms with Gasteiger partial charge in [-0.25, -0.2) is 9.83 Å². The highest BCUT2D eigenvalue weighted by molar-refractivity contribution is 5.84. The van der Waals surface area contributed by atoms with E-state index in [9.17, 15) is 0 Å². The number of nitrogens with zero attached hydrogens (tertiary/aromatic N) is 1. The first-order chi connectivity index (χ1) is 10.4. The average molecular weight is 282 g/mol. The van der Waals surface area contributed by atoms with Crippen LogP contribution in [0.15, 0.2) is 53.5 Å². The van der Waals surface area contributed by atoms with Gasteiger partial charge in [0.25, 0.3) is 0 Å². The van der Waals surface area contributed by atoms with Crippen LogP contribution in [-0.2, 0) is 11.3 Å². The number of rotatable bonds is 3. The molecule has 0 spiro atoms. The van der Waals surface area contributed by atoms with Gasteiger partial charge in [-0.1, -0.05) is 36.4 Å². The van der Waals surface area contributed by atoms with E-state index in [1.54, 1.807) is 0 Å². The first kappa shape index (κ1) is 12.2. The van der Waals surface area contributed by atoms with Gasteiger partial charge in [0, 0.05) is 12.0 Å². The summed E-state index contributed by atoms with van der Waals surface area (Å²) in [5.41, 5.74) is 5.03. The summed E-state index contributed by atoms with van der Waals surface area (Å²) in [6, 6.07) is 15.9. The molecule has 2 aromatic carbocycles. The van der Waals surface area contributed by atoms with Crippen molar-refractivity contribution in [1.29, 1.82) is 0 Å². The van der Waals surface area contributed by atoms with Crippen molar-refractivity contribution in [1.82, 2.24) is 5.48 Å². The Hall–Kier alpha value is -2.53. The van der Waals surface area contributed by atoms with Gasteiger partial charge in [-0.3, -0.25) is 5.48 Å². The van der Waals surface area contributed by atoms with E-state index in [1.165, 1.54) is 5.56 Å². The molecule has 0 radical (unpaired) electrons. The number of nitrogens with one attached hydrogen (secondary N) is 1. The lowest BCUT2D eigenvalue weighted by molar-refractivity contribution is 0.0370. The predicted molar refractivity (Wildman–Crippen MR) is 77.1 cm³/mol. The summed E-state index contributed by atoms with van der Waals surface area (Å²) in [6.45, 7) is 0.269. The standard InChI is InChI=1S/C16H14N2O3/c1-2-4-11(5-3-1)8-15-17-16(21-18-15)12-6-7-13-14(9-12)20-10-19-13/h1-7,9,16H,8,10H2,(H,17,18). The Balaban J connectivity index is 1.52. The highest BCUT2D eigenvalue weighted by Gasteiger charge is 2.22. The van der Waals surface area contributed by atoms with Crippen LogP contribution in [0.5, 0.6) is 11.5 Å². The number of hydrogen-bond donors (Lipinski definition) is 1. The molecule has 2 aliphatic heterocycles. The summed E-state index contributed by atoms with van der Waals surface area (Å²) >= 11 is 0. The molecule has 2 aromatic rings. The van der Waals surface area contributed by atoms with Gasteiger partial charge in [-0.2, -0.15) is 0 Å². The third-order valence-electron chi connectivity index (χ3n) is 3.46. The van der Waals surface area contributed by atoms with E-state index in [0.29, 0.717) is 0 Å². The molecule has 0 fully saturated rings. The van der Waals surface area contributed by atoms with E-state index in [4.69, 9.17) is 14.3 Å². The summed E-state index contributed by atoms with van der Waals surface area (Å²) in [7, 11) is 0. The number of hydroxylamine groups is 1. The Morgan fingerprint density at radius 1 is 1.05 bits per heavy atom. The van der Waals surface area contributed by atoms with Crippen LogP contribution in [-0.4, -0.2) is 12.6 Å². The lowest BCUT2D eigenvalue weighted by atomic mass is 10.1. The smallest absolute Gasteiger partial charge is 0.231 e. The SMILES string of the molecule is c1ccc(CC2=NC(c3ccc4c(c3)OCO4)ON2)cc1. The zero-order chi connectivity index (χ0) is 14.1. The lowest BCUT2D eigenvalue weighted by Gasteiger charge is -2.06. The van der Waals surface area contributed by atoms with Gasteiger partial charge >= 0.3 is 0 Å². The van der Waals surface area contributed by atoms with Crippen LogP contribution < -0.4 is 15.0 Å². The van der Waals surface area contributed by atoms with Crippen LogP contribution in [0.3, 0.4) is 0 Å². The van der Waals surface area contributed by atoms with Gasteiger partial charge in [0.2, 0.25) is 13.0 Å². The second-order valence-electron chi connectivity index (χ2n) is 4.92. The fourth-order valence-corrected chi connectivity index (χ4v) is 2.40. The van der Waals surface area contributed by atoms with Crippen LogP contribution in [0, 0.1) is 0 Å². The molecule has 0 aliphatic carbocycles. The average Bonchev–Trinajstić information content (AvgIpc) is 3.16. The number of aliphatic imine (C=N–C) groups is 1. The van der Waals surface area contributed by atoms with Crippen molar-refractivity contribution in [2.24, 2.45) is 4.99 Å². The van der Waals surface area contributed by atoms with E-state index in [-0.39, 0.29) is 13.0 Å². The zero-order valence-corrected chi connectivity index (χ0v) is 11.3. The molecule has 5 nitrogen and oxygen atoms in total. The zero-order valence-electron chi connectivity index (χ0n) is 11.3. The van der Waals surface area contributed by atoms with Crippen molar-refractivity contribution in [3.05, 3.63) is 59.7 Å². The molecule has 2 heterocycles. The third-order valence-corrected chi connectivity index (χ3v) is 3.46. The number of ether oxygens (including phenoxy) is 2. The highest BCUT2D eigenvalue weighted by atomic mass is 16.7. The van der Waals surface area contributed by atoms with Gasteiger partial charge in [-0.05, 0) is 17.7 Å². The maximum Gasteiger partial charge on any atom is 0.231 e. The normalized spacial score (nSPS) is 19.2. The number of hydrogen-bond acceptors (Lipinski definition) is 5. The molecule has 106 valence electrons. The molecule has 1 atom stereocenters. The quantitative estimate of drug-likeness (QED) is 0.940. The maximum atomic E-state index is 5.53. The van der Waals surface area contributed by atoms with Crippen molar-refractivity contribution in [3.8, 4) is 11.5 Å². The first-order valence-corrected chi connectivity index (χ1v) is 6.80. The van der Waals surface area contributed by atoms with Gasteiger partial charge in [0.1, 0.15) is 5.84 Å². The van der Waals surface area contributed by atoms with E-state index in [0.717, 1.165) is 29.3 Å².